The van der Waals surface area contributed by atoms with Gasteiger partial charge in [0, 0.05) is 38.8 Å². The molecule has 3 amide bonds. The molecule has 2 rings (SSSR count). The minimum Gasteiger partial charge on any atom is -0.351 e. The molecule has 1 aromatic rings. The zero-order valence-corrected chi connectivity index (χ0v) is 15.9. The fourth-order valence-electron chi connectivity index (χ4n) is 2.46. The molecular weight excluding hydrogens is 360 g/mol. The molecule has 0 unspecified atom stereocenters. The summed E-state index contributed by atoms with van der Waals surface area (Å²) >= 11 is 0. The maximum atomic E-state index is 12.4. The second kappa shape index (κ2) is 7.52. The van der Waals surface area contributed by atoms with E-state index in [2.05, 4.69) is 10.0 Å². The van der Waals surface area contributed by atoms with Gasteiger partial charge in [-0.05, 0) is 32.0 Å². The standard InChI is InChI=1S/C16H22N4O5S/c1-10(2)20-15(22)12-6-5-11(9-13(12)16(20)23)14(21)17-7-8-18-26(24,25)19(3)4/h5-6,9-10,18H,7-8H2,1-4H3,(H,17,21). The number of imide groups is 1. The van der Waals surface area contributed by atoms with Crippen LogP contribution in [0.3, 0.4) is 0 Å². The highest BCUT2D eigenvalue weighted by molar-refractivity contribution is 7.87. The van der Waals surface area contributed by atoms with Crippen molar-refractivity contribution in [1.82, 2.24) is 19.2 Å². The first-order valence-electron chi connectivity index (χ1n) is 8.03. The Bertz CT molecular complexity index is 848. The van der Waals surface area contributed by atoms with Crippen LogP contribution in [0.4, 0.5) is 0 Å². The van der Waals surface area contributed by atoms with E-state index in [-0.39, 0.29) is 41.7 Å². The third kappa shape index (κ3) is 3.92. The SMILES string of the molecule is CC(C)N1C(=O)c2ccc(C(=O)NCCNS(=O)(=O)N(C)C)cc2C1=O. The minimum absolute atomic E-state index is 0.0235. The lowest BCUT2D eigenvalue weighted by Gasteiger charge is -2.17. The first kappa shape index (κ1) is 20.0. The lowest BCUT2D eigenvalue weighted by molar-refractivity contribution is 0.0609. The molecule has 0 saturated carbocycles. The summed E-state index contributed by atoms with van der Waals surface area (Å²) in [5, 5.41) is 2.57. The van der Waals surface area contributed by atoms with Crippen molar-refractivity contribution in [3.05, 3.63) is 34.9 Å². The second-order valence-corrected chi connectivity index (χ2v) is 8.24. The molecule has 0 atom stereocenters. The summed E-state index contributed by atoms with van der Waals surface area (Å²) in [5.74, 6) is -1.25. The van der Waals surface area contributed by atoms with Crippen LogP contribution in [0, 0.1) is 0 Å². The predicted octanol–water partition coefficient (Wildman–Crippen LogP) is -0.183. The van der Waals surface area contributed by atoms with E-state index in [0.717, 1.165) is 9.21 Å². The molecule has 0 bridgehead atoms. The van der Waals surface area contributed by atoms with Crippen LogP contribution >= 0.6 is 0 Å². The first-order valence-corrected chi connectivity index (χ1v) is 9.47. The van der Waals surface area contributed by atoms with Crippen LogP contribution in [-0.2, 0) is 10.2 Å². The van der Waals surface area contributed by atoms with Crippen molar-refractivity contribution in [2.24, 2.45) is 0 Å². The Labute approximate surface area is 152 Å². The van der Waals surface area contributed by atoms with Crippen LogP contribution in [0.25, 0.3) is 0 Å². The van der Waals surface area contributed by atoms with Crippen LogP contribution in [0.15, 0.2) is 18.2 Å². The molecule has 0 radical (unpaired) electrons. The zero-order chi connectivity index (χ0) is 19.6. The Morgan fingerprint density at radius 3 is 2.31 bits per heavy atom. The van der Waals surface area contributed by atoms with Crippen LogP contribution in [-0.4, -0.2) is 68.6 Å². The van der Waals surface area contributed by atoms with Gasteiger partial charge in [0.15, 0.2) is 0 Å². The summed E-state index contributed by atoms with van der Waals surface area (Å²) in [6.07, 6.45) is 0. The lowest BCUT2D eigenvalue weighted by Crippen LogP contribution is -2.40. The highest BCUT2D eigenvalue weighted by atomic mass is 32.2. The number of hydrogen-bond donors (Lipinski definition) is 2. The minimum atomic E-state index is -3.55. The van der Waals surface area contributed by atoms with Gasteiger partial charge in [0.1, 0.15) is 0 Å². The van der Waals surface area contributed by atoms with E-state index in [1.807, 2.05) is 0 Å². The summed E-state index contributed by atoms with van der Waals surface area (Å²) in [4.78, 5) is 37.9. The predicted molar refractivity (Wildman–Crippen MR) is 95.0 cm³/mol. The summed E-state index contributed by atoms with van der Waals surface area (Å²) in [6, 6.07) is 4.04. The van der Waals surface area contributed by atoms with Gasteiger partial charge >= 0.3 is 0 Å². The van der Waals surface area contributed by atoms with E-state index in [9.17, 15) is 22.8 Å². The number of hydrogen-bond acceptors (Lipinski definition) is 5. The quantitative estimate of drug-likeness (QED) is 0.501. The van der Waals surface area contributed by atoms with Crippen molar-refractivity contribution in [2.75, 3.05) is 27.2 Å². The van der Waals surface area contributed by atoms with E-state index in [1.54, 1.807) is 13.8 Å². The number of fused-ring (bicyclic) bond motifs is 1. The van der Waals surface area contributed by atoms with Crippen LogP contribution in [0.5, 0.6) is 0 Å². The van der Waals surface area contributed by atoms with E-state index in [4.69, 9.17) is 0 Å². The summed E-state index contributed by atoms with van der Waals surface area (Å²) < 4.78 is 26.4. The monoisotopic (exact) mass is 382 g/mol. The second-order valence-electron chi connectivity index (χ2n) is 6.27. The van der Waals surface area contributed by atoms with Crippen LogP contribution < -0.4 is 10.0 Å². The third-order valence-electron chi connectivity index (χ3n) is 3.87. The van der Waals surface area contributed by atoms with Gasteiger partial charge in [-0.25, -0.2) is 4.72 Å². The average molecular weight is 382 g/mol. The van der Waals surface area contributed by atoms with Gasteiger partial charge in [-0.15, -0.1) is 0 Å². The van der Waals surface area contributed by atoms with Gasteiger partial charge < -0.3 is 5.32 Å². The Kier molecular flexibility index (Phi) is 5.79. The topological polar surface area (TPSA) is 116 Å². The molecule has 1 heterocycles. The number of carbonyl (C=O) groups is 3. The van der Waals surface area contributed by atoms with Crippen molar-refractivity contribution in [1.29, 1.82) is 0 Å². The van der Waals surface area contributed by atoms with Crippen molar-refractivity contribution < 1.29 is 22.8 Å². The van der Waals surface area contributed by atoms with Crippen molar-refractivity contribution in [3.8, 4) is 0 Å². The largest absolute Gasteiger partial charge is 0.351 e. The number of benzene rings is 1. The van der Waals surface area contributed by atoms with Crippen LogP contribution in [0.2, 0.25) is 0 Å². The normalized spacial score (nSPS) is 14.3. The molecule has 2 N–H and O–H groups in total. The number of carbonyl (C=O) groups excluding carboxylic acids is 3. The molecule has 26 heavy (non-hydrogen) atoms. The summed E-state index contributed by atoms with van der Waals surface area (Å²) in [7, 11) is -0.766. The van der Waals surface area contributed by atoms with Gasteiger partial charge in [0.25, 0.3) is 27.9 Å². The maximum absolute atomic E-state index is 12.4. The molecular formula is C16H22N4O5S. The zero-order valence-electron chi connectivity index (χ0n) is 15.1. The van der Waals surface area contributed by atoms with Gasteiger partial charge in [-0.2, -0.15) is 12.7 Å². The Morgan fingerprint density at radius 2 is 1.73 bits per heavy atom. The van der Waals surface area contributed by atoms with E-state index < -0.39 is 22.0 Å². The number of nitrogens with one attached hydrogen (secondary N) is 2. The highest BCUT2D eigenvalue weighted by Gasteiger charge is 2.37. The number of rotatable bonds is 7. The molecule has 1 aliphatic heterocycles. The fourth-order valence-corrected chi connectivity index (χ4v) is 3.08. The fraction of sp³-hybridized carbons (Fsp3) is 0.438. The summed E-state index contributed by atoms with van der Waals surface area (Å²) in [6.45, 7) is 3.58. The number of amides is 3. The Morgan fingerprint density at radius 1 is 1.12 bits per heavy atom. The summed E-state index contributed by atoms with van der Waals surface area (Å²) in [5.41, 5.74) is 0.703. The van der Waals surface area contributed by atoms with Crippen molar-refractivity contribution in [3.63, 3.8) is 0 Å². The highest BCUT2D eigenvalue weighted by Crippen LogP contribution is 2.25. The molecule has 142 valence electrons. The Hall–Kier alpha value is -2.30. The van der Waals surface area contributed by atoms with Crippen LogP contribution in [0.1, 0.15) is 44.9 Å². The molecule has 0 aromatic heterocycles. The molecule has 0 aliphatic carbocycles. The molecule has 1 aliphatic rings. The smallest absolute Gasteiger partial charge is 0.278 e. The van der Waals surface area contributed by atoms with Crippen molar-refractivity contribution >= 4 is 27.9 Å². The van der Waals surface area contributed by atoms with Gasteiger partial charge in [0.2, 0.25) is 0 Å². The lowest BCUT2D eigenvalue weighted by atomic mass is 10.1. The number of nitrogens with zero attached hydrogens (tertiary/aromatic N) is 2. The molecule has 10 heteroatoms. The molecule has 9 nitrogen and oxygen atoms in total. The Balaban J connectivity index is 2.03. The van der Waals surface area contributed by atoms with E-state index in [1.165, 1.54) is 32.3 Å². The molecule has 0 fully saturated rings. The molecule has 0 saturated heterocycles. The van der Waals surface area contributed by atoms with Gasteiger partial charge in [-0.1, -0.05) is 0 Å². The van der Waals surface area contributed by atoms with Gasteiger partial charge in [0.05, 0.1) is 11.1 Å². The van der Waals surface area contributed by atoms with Gasteiger partial charge in [-0.3, -0.25) is 19.3 Å². The van der Waals surface area contributed by atoms with E-state index in [0.29, 0.717) is 0 Å². The molecule has 0 spiro atoms. The van der Waals surface area contributed by atoms with Crippen molar-refractivity contribution in [2.45, 2.75) is 19.9 Å². The maximum Gasteiger partial charge on any atom is 0.278 e. The first-order chi connectivity index (χ1) is 12.1. The third-order valence-corrected chi connectivity index (χ3v) is 5.40. The molecule has 1 aromatic carbocycles. The van der Waals surface area contributed by atoms with E-state index >= 15 is 0 Å². The average Bonchev–Trinajstić information content (AvgIpc) is 2.82.